The van der Waals surface area contributed by atoms with Crippen LogP contribution in [0.15, 0.2) is 36.4 Å². The summed E-state index contributed by atoms with van der Waals surface area (Å²) >= 11 is 1.52. The number of amides is 1. The van der Waals surface area contributed by atoms with Gasteiger partial charge in [-0.15, -0.1) is 0 Å². The van der Waals surface area contributed by atoms with Gasteiger partial charge in [0.05, 0.1) is 10.2 Å². The highest BCUT2D eigenvalue weighted by Gasteiger charge is 2.20. The normalized spacial score (nSPS) is 15.7. The Hall–Kier alpha value is -2.44. The van der Waals surface area contributed by atoms with Crippen LogP contribution in [0.4, 0.5) is 5.13 Å². The van der Waals surface area contributed by atoms with Crippen LogP contribution in [0.25, 0.3) is 10.2 Å². The van der Waals surface area contributed by atoms with Gasteiger partial charge in [-0.2, -0.15) is 0 Å². The molecule has 1 saturated heterocycles. The number of hydrogen-bond acceptors (Lipinski definition) is 5. The maximum Gasteiger partial charge on any atom is 0.264 e. The van der Waals surface area contributed by atoms with E-state index in [2.05, 4.69) is 74.1 Å². The van der Waals surface area contributed by atoms with E-state index < -0.39 is 0 Å². The van der Waals surface area contributed by atoms with Gasteiger partial charge in [0.25, 0.3) is 5.91 Å². The number of hydrogen-bond donors (Lipinski definition) is 1. The van der Waals surface area contributed by atoms with E-state index in [1.807, 2.05) is 12.1 Å². The minimum atomic E-state index is -0.197. The van der Waals surface area contributed by atoms with Gasteiger partial charge < -0.3 is 4.74 Å². The maximum absolute atomic E-state index is 12.6. The fourth-order valence-electron chi connectivity index (χ4n) is 4.25. The van der Waals surface area contributed by atoms with Gasteiger partial charge in [0.15, 0.2) is 11.7 Å². The van der Waals surface area contributed by atoms with Crippen molar-refractivity contribution < 1.29 is 9.53 Å². The number of carbonyl (C=O) groups is 1. The Morgan fingerprint density at radius 2 is 1.94 bits per heavy atom. The lowest BCUT2D eigenvalue weighted by Gasteiger charge is -2.30. The van der Waals surface area contributed by atoms with Gasteiger partial charge in [0.1, 0.15) is 5.75 Å². The van der Waals surface area contributed by atoms with Crippen molar-refractivity contribution >= 4 is 32.6 Å². The lowest BCUT2D eigenvalue weighted by Crippen LogP contribution is -2.32. The Bertz CT molecular complexity index is 1120. The molecule has 176 valence electrons. The molecule has 0 unspecified atom stereocenters. The van der Waals surface area contributed by atoms with E-state index >= 15 is 0 Å². The number of fused-ring (bicyclic) bond motifs is 1. The summed E-state index contributed by atoms with van der Waals surface area (Å²) in [6.45, 7) is 14.1. The van der Waals surface area contributed by atoms with E-state index in [1.165, 1.54) is 48.4 Å². The largest absolute Gasteiger partial charge is 0.483 e. The van der Waals surface area contributed by atoms with Crippen molar-refractivity contribution in [1.29, 1.82) is 0 Å². The number of aromatic nitrogens is 1. The summed E-state index contributed by atoms with van der Waals surface area (Å²) in [5.41, 5.74) is 4.44. The molecular weight excluding hydrogens is 430 g/mol. The number of ether oxygens (including phenoxy) is 1. The number of piperidine rings is 1. The standard InChI is InChI=1S/C27H35N3O2S/c1-18-10-12-30(13-11-18)16-20-7-8-22-24(15-20)33-26(28-22)29-25(31)17-32-23-9-6-19(2)14-21(23)27(3,4)5/h6-9,14-15,18H,10-13,16-17H2,1-5H3,(H,28,29,31). The maximum atomic E-state index is 12.6. The van der Waals surface area contributed by atoms with Crippen molar-refractivity contribution in [3.8, 4) is 5.75 Å². The molecule has 33 heavy (non-hydrogen) atoms. The third kappa shape index (κ3) is 6.12. The molecule has 0 radical (unpaired) electrons. The quantitative estimate of drug-likeness (QED) is 0.474. The smallest absolute Gasteiger partial charge is 0.264 e. The lowest BCUT2D eigenvalue weighted by atomic mass is 9.85. The molecule has 0 atom stereocenters. The highest BCUT2D eigenvalue weighted by Crippen LogP contribution is 2.32. The van der Waals surface area contributed by atoms with E-state index in [4.69, 9.17) is 4.74 Å². The third-order valence-electron chi connectivity index (χ3n) is 6.28. The van der Waals surface area contributed by atoms with Crippen molar-refractivity contribution in [2.75, 3.05) is 25.0 Å². The Kier molecular flexibility index (Phi) is 7.05. The number of thiazole rings is 1. The third-order valence-corrected chi connectivity index (χ3v) is 7.22. The molecule has 1 aliphatic rings. The minimum Gasteiger partial charge on any atom is -0.483 e. The highest BCUT2D eigenvalue weighted by atomic mass is 32.1. The van der Waals surface area contributed by atoms with Crippen molar-refractivity contribution in [1.82, 2.24) is 9.88 Å². The first-order valence-electron chi connectivity index (χ1n) is 11.8. The number of anilines is 1. The molecule has 6 heteroatoms. The van der Waals surface area contributed by atoms with Crippen LogP contribution in [0.5, 0.6) is 5.75 Å². The van der Waals surface area contributed by atoms with E-state index in [0.29, 0.717) is 5.13 Å². The highest BCUT2D eigenvalue weighted by molar-refractivity contribution is 7.22. The summed E-state index contributed by atoms with van der Waals surface area (Å²) in [7, 11) is 0. The van der Waals surface area contributed by atoms with Crippen LogP contribution >= 0.6 is 11.3 Å². The molecule has 0 aliphatic carbocycles. The van der Waals surface area contributed by atoms with Crippen LogP contribution in [0, 0.1) is 12.8 Å². The Labute approximate surface area is 201 Å². The van der Waals surface area contributed by atoms with E-state index in [-0.39, 0.29) is 17.9 Å². The van der Waals surface area contributed by atoms with Crippen LogP contribution in [0.1, 0.15) is 57.2 Å². The number of rotatable bonds is 6. The minimum absolute atomic E-state index is 0.0410. The van der Waals surface area contributed by atoms with Crippen LogP contribution in [-0.2, 0) is 16.8 Å². The number of aryl methyl sites for hydroxylation is 1. The molecule has 1 N–H and O–H groups in total. The van der Waals surface area contributed by atoms with Gasteiger partial charge >= 0.3 is 0 Å². The number of likely N-dealkylation sites (tertiary alicyclic amines) is 1. The second-order valence-corrected chi connectivity index (χ2v) is 11.4. The Morgan fingerprint density at radius 1 is 1.18 bits per heavy atom. The Balaban J connectivity index is 1.37. The zero-order chi connectivity index (χ0) is 23.6. The molecule has 2 aromatic carbocycles. The van der Waals surface area contributed by atoms with E-state index in [9.17, 15) is 4.79 Å². The molecule has 1 fully saturated rings. The number of carbonyl (C=O) groups excluding carboxylic acids is 1. The molecule has 5 nitrogen and oxygen atoms in total. The van der Waals surface area contributed by atoms with Crippen LogP contribution in [-0.4, -0.2) is 35.5 Å². The van der Waals surface area contributed by atoms with Gasteiger partial charge in [-0.3, -0.25) is 15.0 Å². The van der Waals surface area contributed by atoms with Gasteiger partial charge in [-0.25, -0.2) is 4.98 Å². The second-order valence-electron chi connectivity index (χ2n) is 10.4. The molecule has 1 amide bonds. The Morgan fingerprint density at radius 3 is 2.67 bits per heavy atom. The lowest BCUT2D eigenvalue weighted by molar-refractivity contribution is -0.118. The van der Waals surface area contributed by atoms with Crippen LogP contribution < -0.4 is 10.1 Å². The van der Waals surface area contributed by atoms with Crippen molar-refractivity contribution in [3.63, 3.8) is 0 Å². The second kappa shape index (κ2) is 9.82. The first-order chi connectivity index (χ1) is 15.7. The molecular formula is C27H35N3O2S. The first-order valence-corrected chi connectivity index (χ1v) is 12.6. The molecule has 0 saturated carbocycles. The summed E-state index contributed by atoms with van der Waals surface area (Å²) < 4.78 is 7.00. The zero-order valence-corrected chi connectivity index (χ0v) is 21.2. The average Bonchev–Trinajstić information content (AvgIpc) is 3.15. The molecule has 4 rings (SSSR count). The van der Waals surface area contributed by atoms with Crippen molar-refractivity contribution in [3.05, 3.63) is 53.1 Å². The molecule has 2 heterocycles. The van der Waals surface area contributed by atoms with Gasteiger partial charge in [0, 0.05) is 6.54 Å². The molecule has 0 bridgehead atoms. The van der Waals surface area contributed by atoms with Gasteiger partial charge in [-0.05, 0) is 73.5 Å². The van der Waals surface area contributed by atoms with Crippen LogP contribution in [0.2, 0.25) is 0 Å². The monoisotopic (exact) mass is 465 g/mol. The topological polar surface area (TPSA) is 54.5 Å². The summed E-state index contributed by atoms with van der Waals surface area (Å²) in [6, 6.07) is 12.5. The SMILES string of the molecule is Cc1ccc(OCC(=O)Nc2nc3ccc(CN4CCC(C)CC4)cc3s2)c(C(C)(C)C)c1. The summed E-state index contributed by atoms with van der Waals surface area (Å²) in [6.07, 6.45) is 2.56. The summed E-state index contributed by atoms with van der Waals surface area (Å²) in [4.78, 5) is 19.7. The fourth-order valence-corrected chi connectivity index (χ4v) is 5.20. The predicted molar refractivity (Wildman–Crippen MR) is 137 cm³/mol. The van der Waals surface area contributed by atoms with Gasteiger partial charge in [-0.1, -0.05) is 62.8 Å². The summed E-state index contributed by atoms with van der Waals surface area (Å²) in [5.74, 6) is 1.40. The fraction of sp³-hybridized carbons (Fsp3) is 0.481. The molecule has 3 aromatic rings. The summed E-state index contributed by atoms with van der Waals surface area (Å²) in [5, 5.41) is 3.52. The average molecular weight is 466 g/mol. The van der Waals surface area contributed by atoms with E-state index in [0.717, 1.165) is 34.0 Å². The first kappa shape index (κ1) is 23.7. The van der Waals surface area contributed by atoms with Gasteiger partial charge in [0.2, 0.25) is 0 Å². The molecule has 1 aromatic heterocycles. The number of nitrogens with zero attached hydrogens (tertiary/aromatic N) is 2. The number of nitrogens with one attached hydrogen (secondary N) is 1. The number of benzene rings is 2. The molecule has 0 spiro atoms. The van der Waals surface area contributed by atoms with Crippen LogP contribution in [0.3, 0.4) is 0 Å². The van der Waals surface area contributed by atoms with E-state index in [1.54, 1.807) is 0 Å². The zero-order valence-electron chi connectivity index (χ0n) is 20.4. The predicted octanol–water partition coefficient (Wildman–Crippen LogP) is 6.15. The molecule has 1 aliphatic heterocycles. The van der Waals surface area contributed by atoms with Crippen molar-refractivity contribution in [2.24, 2.45) is 5.92 Å². The van der Waals surface area contributed by atoms with Crippen molar-refractivity contribution in [2.45, 2.75) is 59.4 Å².